The molecular formula is C34H36FN3O5S. The largest absolute Gasteiger partial charge is 0.497 e. The summed E-state index contributed by atoms with van der Waals surface area (Å²) in [5.74, 6) is -1.33. The normalized spacial score (nSPS) is 11.8. The second-order valence-corrected chi connectivity index (χ2v) is 12.1. The molecule has 0 aromatic heterocycles. The maximum absolute atomic E-state index is 15.2. The van der Waals surface area contributed by atoms with Gasteiger partial charge in [-0.15, -0.1) is 0 Å². The van der Waals surface area contributed by atoms with Crippen LogP contribution in [0.2, 0.25) is 0 Å². The molecule has 0 bridgehead atoms. The van der Waals surface area contributed by atoms with Crippen molar-refractivity contribution in [2.75, 3.05) is 24.5 Å². The van der Waals surface area contributed by atoms with Gasteiger partial charge in [0.05, 0.1) is 17.7 Å². The van der Waals surface area contributed by atoms with Crippen LogP contribution in [0.1, 0.15) is 23.6 Å². The zero-order chi connectivity index (χ0) is 31.7. The molecule has 0 fully saturated rings. The molecule has 10 heteroatoms. The molecule has 4 aromatic rings. The minimum Gasteiger partial charge on any atom is -0.497 e. The molecular weight excluding hydrogens is 581 g/mol. The van der Waals surface area contributed by atoms with E-state index in [2.05, 4.69) is 5.32 Å². The molecule has 0 saturated heterocycles. The molecule has 0 aliphatic carbocycles. The highest BCUT2D eigenvalue weighted by Gasteiger charge is 2.35. The van der Waals surface area contributed by atoms with Gasteiger partial charge in [-0.3, -0.25) is 13.9 Å². The van der Waals surface area contributed by atoms with Crippen LogP contribution in [0.25, 0.3) is 0 Å². The van der Waals surface area contributed by atoms with Crippen molar-refractivity contribution in [3.63, 3.8) is 0 Å². The Morgan fingerprint density at radius 1 is 0.886 bits per heavy atom. The second kappa shape index (κ2) is 14.7. The van der Waals surface area contributed by atoms with Crippen LogP contribution >= 0.6 is 0 Å². The third-order valence-corrected chi connectivity index (χ3v) is 8.89. The van der Waals surface area contributed by atoms with E-state index in [0.29, 0.717) is 17.9 Å². The van der Waals surface area contributed by atoms with E-state index in [1.54, 1.807) is 43.3 Å². The number of likely N-dealkylation sites (N-methyl/N-ethyl adjacent to an activating group) is 1. The Morgan fingerprint density at radius 2 is 1.55 bits per heavy atom. The number of para-hydroxylation sites is 1. The number of nitrogens with one attached hydrogen (secondary N) is 1. The summed E-state index contributed by atoms with van der Waals surface area (Å²) in [6, 6.07) is 26.8. The minimum absolute atomic E-state index is 0.0274. The van der Waals surface area contributed by atoms with Crippen molar-refractivity contribution in [1.82, 2.24) is 10.2 Å². The quantitative estimate of drug-likeness (QED) is 0.225. The van der Waals surface area contributed by atoms with Crippen molar-refractivity contribution in [2.45, 2.75) is 37.8 Å². The van der Waals surface area contributed by atoms with E-state index in [0.717, 1.165) is 21.5 Å². The van der Waals surface area contributed by atoms with E-state index in [1.807, 2.05) is 37.3 Å². The number of aryl methyl sites for hydroxylation is 1. The summed E-state index contributed by atoms with van der Waals surface area (Å²) in [5, 5.41) is 2.82. The lowest BCUT2D eigenvalue weighted by atomic mass is 10.0. The summed E-state index contributed by atoms with van der Waals surface area (Å²) in [7, 11) is -2.87. The number of benzene rings is 4. The molecule has 0 radical (unpaired) electrons. The summed E-state index contributed by atoms with van der Waals surface area (Å²) in [4.78, 5) is 29.2. The predicted molar refractivity (Wildman–Crippen MR) is 168 cm³/mol. The first-order valence-corrected chi connectivity index (χ1v) is 15.7. The topological polar surface area (TPSA) is 96.0 Å². The molecule has 44 heavy (non-hydrogen) atoms. The Kier molecular flexibility index (Phi) is 10.7. The summed E-state index contributed by atoms with van der Waals surface area (Å²) < 4.78 is 49.3. The van der Waals surface area contributed by atoms with Crippen LogP contribution in [0.4, 0.5) is 10.1 Å². The molecule has 0 spiro atoms. The highest BCUT2D eigenvalue weighted by atomic mass is 32.2. The van der Waals surface area contributed by atoms with Gasteiger partial charge >= 0.3 is 0 Å². The van der Waals surface area contributed by atoms with Gasteiger partial charge in [-0.25, -0.2) is 12.8 Å². The first-order valence-electron chi connectivity index (χ1n) is 14.2. The van der Waals surface area contributed by atoms with Crippen molar-refractivity contribution in [2.24, 2.45) is 0 Å². The maximum Gasteiger partial charge on any atom is 0.264 e. The number of carbonyl (C=O) groups excluding carboxylic acids is 2. The fraction of sp³-hybridized carbons (Fsp3) is 0.235. The summed E-state index contributed by atoms with van der Waals surface area (Å²) >= 11 is 0. The average Bonchev–Trinajstić information content (AvgIpc) is 3.02. The second-order valence-electron chi connectivity index (χ2n) is 10.2. The number of hydrogen-bond acceptors (Lipinski definition) is 5. The Morgan fingerprint density at radius 3 is 2.20 bits per heavy atom. The van der Waals surface area contributed by atoms with Gasteiger partial charge in [0.25, 0.3) is 10.0 Å². The lowest BCUT2D eigenvalue weighted by Gasteiger charge is -2.34. The first-order chi connectivity index (χ1) is 21.1. The third-order valence-electron chi connectivity index (χ3n) is 7.12. The molecule has 0 aliphatic rings. The van der Waals surface area contributed by atoms with Crippen molar-refractivity contribution in [1.29, 1.82) is 0 Å². The number of rotatable bonds is 13. The lowest BCUT2D eigenvalue weighted by Crippen LogP contribution is -2.53. The van der Waals surface area contributed by atoms with Crippen LogP contribution in [0, 0.1) is 12.7 Å². The molecule has 0 saturated carbocycles. The number of ether oxygens (including phenoxy) is 1. The zero-order valence-corrected chi connectivity index (χ0v) is 25.8. The van der Waals surface area contributed by atoms with E-state index in [9.17, 15) is 18.0 Å². The molecule has 1 unspecified atom stereocenters. The van der Waals surface area contributed by atoms with Crippen molar-refractivity contribution >= 4 is 27.5 Å². The van der Waals surface area contributed by atoms with Gasteiger partial charge in [-0.05, 0) is 61.4 Å². The average molecular weight is 618 g/mol. The van der Waals surface area contributed by atoms with Crippen LogP contribution in [0.5, 0.6) is 5.75 Å². The molecule has 4 aromatic carbocycles. The molecule has 8 nitrogen and oxygen atoms in total. The fourth-order valence-corrected chi connectivity index (χ4v) is 6.24. The summed E-state index contributed by atoms with van der Waals surface area (Å²) in [5.41, 5.74) is 2.04. The van der Waals surface area contributed by atoms with Crippen molar-refractivity contribution in [3.05, 3.63) is 126 Å². The van der Waals surface area contributed by atoms with E-state index in [-0.39, 0.29) is 23.5 Å². The lowest BCUT2D eigenvalue weighted by molar-refractivity contribution is -0.140. The van der Waals surface area contributed by atoms with Crippen LogP contribution < -0.4 is 14.4 Å². The number of carbonyl (C=O) groups is 2. The number of sulfonamides is 1. The Balaban J connectivity index is 1.81. The van der Waals surface area contributed by atoms with Gasteiger partial charge in [0.15, 0.2) is 0 Å². The number of nitrogens with zero attached hydrogens (tertiary/aromatic N) is 2. The van der Waals surface area contributed by atoms with E-state index in [4.69, 9.17) is 4.74 Å². The van der Waals surface area contributed by atoms with Crippen LogP contribution in [0.3, 0.4) is 0 Å². The van der Waals surface area contributed by atoms with E-state index >= 15 is 4.39 Å². The molecule has 1 atom stereocenters. The first kappa shape index (κ1) is 32.2. The van der Waals surface area contributed by atoms with Crippen LogP contribution in [-0.4, -0.2) is 51.4 Å². The predicted octanol–water partition coefficient (Wildman–Crippen LogP) is 5.11. The minimum atomic E-state index is -4.40. The van der Waals surface area contributed by atoms with Gasteiger partial charge in [-0.2, -0.15) is 0 Å². The molecule has 2 amide bonds. The summed E-state index contributed by atoms with van der Waals surface area (Å²) in [6.07, 6.45) is 0.173. The molecule has 0 heterocycles. The SMILES string of the molecule is CCNC(=O)C(Cc1ccccc1)N(Cc1cccc(OC)c1)C(=O)CN(c1ccccc1F)S(=O)(=O)c1ccc(C)cc1. The Labute approximate surface area is 258 Å². The molecule has 0 aliphatic heterocycles. The standard InChI is InChI=1S/C34H36FN3O5S/c1-4-36-34(40)32(22-26-11-6-5-7-12-26)37(23-27-13-10-14-28(21-27)43-3)33(39)24-38(31-16-9-8-15-30(31)35)44(41,42)29-19-17-25(2)18-20-29/h5-21,32H,4,22-24H2,1-3H3,(H,36,40). The smallest absolute Gasteiger partial charge is 0.264 e. The molecule has 4 rings (SSSR count). The Bertz CT molecular complexity index is 1680. The monoisotopic (exact) mass is 617 g/mol. The third kappa shape index (κ3) is 7.82. The molecule has 1 N–H and O–H groups in total. The van der Waals surface area contributed by atoms with E-state index < -0.39 is 40.2 Å². The number of methoxy groups -OCH3 is 1. The Hall–Kier alpha value is -4.70. The number of anilines is 1. The highest BCUT2D eigenvalue weighted by molar-refractivity contribution is 7.92. The zero-order valence-electron chi connectivity index (χ0n) is 24.9. The van der Waals surface area contributed by atoms with E-state index in [1.165, 1.54) is 42.3 Å². The van der Waals surface area contributed by atoms with Gasteiger partial charge in [0, 0.05) is 19.5 Å². The van der Waals surface area contributed by atoms with Gasteiger partial charge < -0.3 is 15.0 Å². The number of amides is 2. The maximum atomic E-state index is 15.2. The van der Waals surface area contributed by atoms with Gasteiger partial charge in [0.2, 0.25) is 11.8 Å². The fourth-order valence-electron chi connectivity index (χ4n) is 4.82. The molecule has 230 valence electrons. The van der Waals surface area contributed by atoms with Crippen molar-refractivity contribution in [3.8, 4) is 5.75 Å². The summed E-state index contributed by atoms with van der Waals surface area (Å²) in [6.45, 7) is 3.15. The van der Waals surface area contributed by atoms with Crippen molar-refractivity contribution < 1.29 is 27.1 Å². The van der Waals surface area contributed by atoms with Gasteiger partial charge in [-0.1, -0.05) is 72.3 Å². The van der Waals surface area contributed by atoms with Gasteiger partial charge in [0.1, 0.15) is 24.2 Å². The van der Waals surface area contributed by atoms with Crippen LogP contribution in [0.15, 0.2) is 108 Å². The van der Waals surface area contributed by atoms with Crippen LogP contribution in [-0.2, 0) is 32.6 Å². The number of hydrogen-bond donors (Lipinski definition) is 1. The highest BCUT2D eigenvalue weighted by Crippen LogP contribution is 2.27. The number of halogens is 1.